The first-order valence-electron chi connectivity index (χ1n) is 6.22. The van der Waals surface area contributed by atoms with E-state index in [1.807, 2.05) is 23.9 Å². The Morgan fingerprint density at radius 2 is 2.22 bits per heavy atom. The van der Waals surface area contributed by atoms with Crippen LogP contribution < -0.4 is 5.73 Å². The Kier molecular flexibility index (Phi) is 4.24. The van der Waals surface area contributed by atoms with E-state index >= 15 is 0 Å². The first-order valence-corrected chi connectivity index (χ1v) is 7.62. The van der Waals surface area contributed by atoms with Crippen LogP contribution in [0.15, 0.2) is 18.3 Å². The molecule has 1 unspecified atom stereocenters. The maximum absolute atomic E-state index is 6.26. The molecule has 0 aliphatic carbocycles. The van der Waals surface area contributed by atoms with Gasteiger partial charge in [-0.3, -0.25) is 0 Å². The van der Waals surface area contributed by atoms with Crippen LogP contribution in [0, 0.1) is 0 Å². The van der Waals surface area contributed by atoms with E-state index < -0.39 is 0 Å². The number of hydrogen-bond acceptors (Lipinski definition) is 4. The van der Waals surface area contributed by atoms with Crippen molar-refractivity contribution in [2.24, 2.45) is 5.73 Å². The summed E-state index contributed by atoms with van der Waals surface area (Å²) in [5, 5.41) is 0. The first-order chi connectivity index (χ1) is 8.65. The van der Waals surface area contributed by atoms with E-state index in [4.69, 9.17) is 5.73 Å². The number of imidazole rings is 1. The van der Waals surface area contributed by atoms with Gasteiger partial charge in [-0.15, -0.1) is 0 Å². The van der Waals surface area contributed by atoms with Crippen LogP contribution in [0.5, 0.6) is 0 Å². The minimum Gasteiger partial charge on any atom is -0.321 e. The average Bonchev–Trinajstić information content (AvgIpc) is 2.75. The summed E-state index contributed by atoms with van der Waals surface area (Å²) in [4.78, 5) is 9.08. The smallest absolute Gasteiger partial charge is 0.160 e. The number of nitrogens with two attached hydrogens (primary N) is 1. The van der Waals surface area contributed by atoms with Gasteiger partial charge in [0.25, 0.3) is 0 Å². The third-order valence-corrected chi connectivity index (χ3v) is 3.60. The molecule has 0 radical (unpaired) electrons. The molecule has 0 bridgehead atoms. The van der Waals surface area contributed by atoms with Crippen molar-refractivity contribution >= 4 is 22.9 Å². The number of nitrogens with zero attached hydrogens (tertiary/aromatic N) is 3. The largest absolute Gasteiger partial charge is 0.321 e. The van der Waals surface area contributed by atoms with Crippen LogP contribution in [-0.4, -0.2) is 26.5 Å². The standard InChI is InChI=1S/C13H20N4S/c1-9(2)17-12(10(14)6-8-18-3)16-11-5-4-7-15-13(11)17/h4-5,7,9-10H,6,8,14H2,1-3H3. The van der Waals surface area contributed by atoms with Crippen molar-refractivity contribution in [2.45, 2.75) is 32.4 Å². The van der Waals surface area contributed by atoms with Crippen molar-refractivity contribution in [2.75, 3.05) is 12.0 Å². The summed E-state index contributed by atoms with van der Waals surface area (Å²) in [6.07, 6.45) is 4.84. The SMILES string of the molecule is CSCCC(N)c1nc2cccnc2n1C(C)C. The zero-order chi connectivity index (χ0) is 13.1. The van der Waals surface area contributed by atoms with E-state index in [-0.39, 0.29) is 6.04 Å². The number of fused-ring (bicyclic) bond motifs is 1. The van der Waals surface area contributed by atoms with Crippen LogP contribution in [0.4, 0.5) is 0 Å². The topological polar surface area (TPSA) is 56.7 Å². The van der Waals surface area contributed by atoms with E-state index in [9.17, 15) is 0 Å². The van der Waals surface area contributed by atoms with E-state index in [0.29, 0.717) is 6.04 Å². The molecule has 2 heterocycles. The summed E-state index contributed by atoms with van der Waals surface area (Å²) < 4.78 is 2.15. The molecular formula is C13H20N4S. The van der Waals surface area contributed by atoms with Gasteiger partial charge in [-0.1, -0.05) is 0 Å². The van der Waals surface area contributed by atoms with Gasteiger partial charge >= 0.3 is 0 Å². The molecule has 5 heteroatoms. The lowest BCUT2D eigenvalue weighted by molar-refractivity contribution is 0.534. The molecule has 0 aromatic carbocycles. The van der Waals surface area contributed by atoms with E-state index in [2.05, 4.69) is 34.6 Å². The molecule has 0 amide bonds. The van der Waals surface area contributed by atoms with Crippen LogP contribution in [0.1, 0.15) is 38.2 Å². The van der Waals surface area contributed by atoms with Crippen LogP contribution in [0.3, 0.4) is 0 Å². The average molecular weight is 264 g/mol. The lowest BCUT2D eigenvalue weighted by Crippen LogP contribution is -2.18. The molecule has 2 aromatic heterocycles. The highest BCUT2D eigenvalue weighted by Crippen LogP contribution is 2.24. The lowest BCUT2D eigenvalue weighted by Gasteiger charge is -2.16. The number of thioether (sulfide) groups is 1. The number of pyridine rings is 1. The van der Waals surface area contributed by atoms with Gasteiger partial charge < -0.3 is 10.3 Å². The van der Waals surface area contributed by atoms with E-state index in [1.165, 1.54) is 0 Å². The fraction of sp³-hybridized carbons (Fsp3) is 0.538. The second kappa shape index (κ2) is 5.71. The third kappa shape index (κ3) is 2.52. The number of hydrogen-bond donors (Lipinski definition) is 1. The quantitative estimate of drug-likeness (QED) is 0.902. The molecule has 98 valence electrons. The van der Waals surface area contributed by atoms with E-state index in [1.54, 1.807) is 6.20 Å². The van der Waals surface area contributed by atoms with Gasteiger partial charge in [-0.2, -0.15) is 11.8 Å². The molecule has 2 rings (SSSR count). The highest BCUT2D eigenvalue weighted by Gasteiger charge is 2.18. The Balaban J connectivity index is 2.45. The van der Waals surface area contributed by atoms with Crippen molar-refractivity contribution in [1.29, 1.82) is 0 Å². The van der Waals surface area contributed by atoms with Crippen LogP contribution >= 0.6 is 11.8 Å². The predicted octanol–water partition coefficient (Wildman–Crippen LogP) is 2.77. The maximum Gasteiger partial charge on any atom is 0.160 e. The highest BCUT2D eigenvalue weighted by atomic mass is 32.2. The van der Waals surface area contributed by atoms with Crippen molar-refractivity contribution in [1.82, 2.24) is 14.5 Å². The van der Waals surface area contributed by atoms with Gasteiger partial charge in [0.2, 0.25) is 0 Å². The molecular weight excluding hydrogens is 244 g/mol. The first kappa shape index (κ1) is 13.4. The Bertz CT molecular complexity index is 521. The predicted molar refractivity (Wildman–Crippen MR) is 77.8 cm³/mol. The summed E-state index contributed by atoms with van der Waals surface area (Å²) >= 11 is 1.81. The van der Waals surface area contributed by atoms with Gasteiger partial charge in [-0.25, -0.2) is 9.97 Å². The molecule has 0 saturated heterocycles. The number of rotatable bonds is 5. The van der Waals surface area contributed by atoms with E-state index in [0.717, 1.165) is 29.2 Å². The van der Waals surface area contributed by atoms with Crippen molar-refractivity contribution in [3.05, 3.63) is 24.2 Å². The van der Waals surface area contributed by atoms with Gasteiger partial charge in [0.1, 0.15) is 11.3 Å². The summed E-state index contributed by atoms with van der Waals surface area (Å²) in [6, 6.07) is 4.21. The van der Waals surface area contributed by atoms with Crippen molar-refractivity contribution in [3.63, 3.8) is 0 Å². The molecule has 18 heavy (non-hydrogen) atoms. The fourth-order valence-corrected chi connectivity index (χ4v) is 2.58. The highest BCUT2D eigenvalue weighted by molar-refractivity contribution is 7.98. The second-order valence-electron chi connectivity index (χ2n) is 4.67. The van der Waals surface area contributed by atoms with Gasteiger partial charge in [0.05, 0.1) is 6.04 Å². The summed E-state index contributed by atoms with van der Waals surface area (Å²) in [6.45, 7) is 4.28. The minimum absolute atomic E-state index is 0.0194. The van der Waals surface area contributed by atoms with Crippen LogP contribution in [0.25, 0.3) is 11.2 Å². The van der Waals surface area contributed by atoms with Crippen LogP contribution in [-0.2, 0) is 0 Å². The number of aromatic nitrogens is 3. The Hall–Kier alpha value is -1.07. The Morgan fingerprint density at radius 3 is 2.89 bits per heavy atom. The minimum atomic E-state index is -0.0194. The van der Waals surface area contributed by atoms with Gasteiger partial charge in [0.15, 0.2) is 5.65 Å². The lowest BCUT2D eigenvalue weighted by atomic mass is 10.2. The molecule has 1 atom stereocenters. The van der Waals surface area contributed by atoms with Gasteiger partial charge in [0, 0.05) is 12.2 Å². The second-order valence-corrected chi connectivity index (χ2v) is 5.65. The zero-order valence-electron chi connectivity index (χ0n) is 11.1. The summed E-state index contributed by atoms with van der Waals surface area (Å²) in [5.74, 6) is 2.00. The monoisotopic (exact) mass is 264 g/mol. The maximum atomic E-state index is 6.26. The zero-order valence-corrected chi connectivity index (χ0v) is 11.9. The van der Waals surface area contributed by atoms with Gasteiger partial charge in [-0.05, 0) is 44.4 Å². The summed E-state index contributed by atoms with van der Waals surface area (Å²) in [5.41, 5.74) is 8.12. The normalized spacial score (nSPS) is 13.4. The van der Waals surface area contributed by atoms with Crippen molar-refractivity contribution < 1.29 is 0 Å². The van der Waals surface area contributed by atoms with Crippen LogP contribution in [0.2, 0.25) is 0 Å². The fourth-order valence-electron chi connectivity index (χ4n) is 2.09. The molecule has 0 aliphatic heterocycles. The Morgan fingerprint density at radius 1 is 1.44 bits per heavy atom. The molecule has 4 nitrogen and oxygen atoms in total. The third-order valence-electron chi connectivity index (χ3n) is 2.96. The van der Waals surface area contributed by atoms with Crippen molar-refractivity contribution in [3.8, 4) is 0 Å². The molecule has 2 N–H and O–H groups in total. The molecule has 0 spiro atoms. The molecule has 0 saturated carbocycles. The molecule has 0 aliphatic rings. The summed E-state index contributed by atoms with van der Waals surface area (Å²) in [7, 11) is 0. The molecule has 0 fully saturated rings. The Labute approximate surface area is 112 Å². The molecule has 2 aromatic rings.